The first-order valence-corrected chi connectivity index (χ1v) is 5.34. The molecular formula is C11H15F3N2O2. The van der Waals surface area contributed by atoms with Crippen LogP contribution < -0.4 is 5.73 Å². The third-order valence-corrected chi connectivity index (χ3v) is 2.59. The van der Waals surface area contributed by atoms with Gasteiger partial charge in [0.15, 0.2) is 0 Å². The summed E-state index contributed by atoms with van der Waals surface area (Å²) in [6.45, 7) is 4.28. The lowest BCUT2D eigenvalue weighted by Gasteiger charge is -2.29. The van der Waals surface area contributed by atoms with Gasteiger partial charge in [-0.25, -0.2) is 4.79 Å². The van der Waals surface area contributed by atoms with E-state index in [2.05, 4.69) is 9.72 Å². The molecule has 0 spiro atoms. The van der Waals surface area contributed by atoms with Crippen molar-refractivity contribution in [2.45, 2.75) is 32.5 Å². The van der Waals surface area contributed by atoms with Crippen molar-refractivity contribution in [2.75, 3.05) is 6.61 Å². The van der Waals surface area contributed by atoms with Crippen LogP contribution in [0.5, 0.6) is 0 Å². The van der Waals surface area contributed by atoms with Crippen LogP contribution in [0.15, 0.2) is 6.07 Å². The van der Waals surface area contributed by atoms with Crippen molar-refractivity contribution in [3.8, 4) is 0 Å². The van der Waals surface area contributed by atoms with Crippen LogP contribution in [0.25, 0.3) is 0 Å². The highest BCUT2D eigenvalue weighted by molar-refractivity contribution is 5.83. The predicted molar refractivity (Wildman–Crippen MR) is 58.8 cm³/mol. The molecule has 0 bridgehead atoms. The molecule has 0 aliphatic carbocycles. The number of nitrogens with two attached hydrogens (primary N) is 1. The summed E-state index contributed by atoms with van der Waals surface area (Å²) < 4.78 is 43.8. The number of carbonyl (C=O) groups is 1. The summed E-state index contributed by atoms with van der Waals surface area (Å²) in [6, 6.07) is 1.49. The average Bonchev–Trinajstić information content (AvgIpc) is 2.55. The monoisotopic (exact) mass is 264 g/mol. The van der Waals surface area contributed by atoms with Crippen LogP contribution >= 0.6 is 0 Å². The molecule has 0 fully saturated rings. The summed E-state index contributed by atoms with van der Waals surface area (Å²) in [5.74, 6) is -1.51. The Balaban J connectivity index is 3.39. The molecule has 0 aliphatic heterocycles. The van der Waals surface area contributed by atoms with Gasteiger partial charge in [-0.3, -0.25) is 0 Å². The largest absolute Gasteiger partial charge is 0.464 e. The number of aromatic amines is 1. The minimum absolute atomic E-state index is 0.174. The normalized spacial score (nSPS) is 15.3. The fourth-order valence-electron chi connectivity index (χ4n) is 1.74. The van der Waals surface area contributed by atoms with Gasteiger partial charge in [0.1, 0.15) is 0 Å². The number of H-pyrrole nitrogens is 1. The summed E-state index contributed by atoms with van der Waals surface area (Å²) in [4.78, 5) is 14.1. The molecule has 0 saturated heterocycles. The number of nitrogens with one attached hydrogen (secondary N) is 1. The number of carbonyl (C=O) groups excluding carboxylic acids is 1. The maximum atomic E-state index is 13.1. The third-order valence-electron chi connectivity index (χ3n) is 2.59. The molecule has 0 unspecified atom stereocenters. The first-order chi connectivity index (χ1) is 8.14. The fraction of sp³-hybridized carbons (Fsp3) is 0.545. The number of rotatable bonds is 3. The molecule has 1 atom stereocenters. The van der Waals surface area contributed by atoms with Crippen LogP contribution in [0.2, 0.25) is 0 Å². The van der Waals surface area contributed by atoms with E-state index in [4.69, 9.17) is 5.73 Å². The zero-order valence-electron chi connectivity index (χ0n) is 10.3. The first kappa shape index (κ1) is 14.6. The Kier molecular flexibility index (Phi) is 3.75. The van der Waals surface area contributed by atoms with Crippen LogP contribution in [-0.2, 0) is 15.1 Å². The first-order valence-electron chi connectivity index (χ1n) is 5.34. The lowest BCUT2D eigenvalue weighted by molar-refractivity contribution is -0.209. The SMILES string of the molecule is CCOC(=O)[C@](N)(c1[nH]c(C)cc1C)C(F)(F)F. The number of hydrogen-bond donors (Lipinski definition) is 2. The van der Waals surface area contributed by atoms with E-state index in [1.807, 2.05) is 0 Å². The van der Waals surface area contributed by atoms with E-state index >= 15 is 0 Å². The van der Waals surface area contributed by atoms with Crippen molar-refractivity contribution in [1.29, 1.82) is 0 Å². The van der Waals surface area contributed by atoms with Gasteiger partial charge in [0.2, 0.25) is 0 Å². The fourth-order valence-corrected chi connectivity index (χ4v) is 1.74. The Morgan fingerprint density at radius 3 is 2.33 bits per heavy atom. The van der Waals surface area contributed by atoms with Crippen molar-refractivity contribution >= 4 is 5.97 Å². The minimum Gasteiger partial charge on any atom is -0.464 e. The molecule has 4 nitrogen and oxygen atoms in total. The molecule has 7 heteroatoms. The molecule has 3 N–H and O–H groups in total. The zero-order valence-corrected chi connectivity index (χ0v) is 10.3. The standard InChI is InChI=1S/C11H15F3N2O2/c1-4-18-9(17)10(15,11(12,13)14)8-6(2)5-7(3)16-8/h5,16H,4,15H2,1-3H3/t10-/m1/s1. The molecule has 1 heterocycles. The van der Waals surface area contributed by atoms with Crippen LogP contribution in [-0.4, -0.2) is 23.7 Å². The Bertz CT molecular complexity index is 454. The highest BCUT2D eigenvalue weighted by atomic mass is 19.4. The Hall–Kier alpha value is -1.50. The maximum absolute atomic E-state index is 13.1. The van der Waals surface area contributed by atoms with Crippen molar-refractivity contribution in [3.05, 3.63) is 23.0 Å². The van der Waals surface area contributed by atoms with Crippen molar-refractivity contribution in [3.63, 3.8) is 0 Å². The zero-order chi connectivity index (χ0) is 14.1. The summed E-state index contributed by atoms with van der Waals surface area (Å²) in [5.41, 5.74) is 2.52. The summed E-state index contributed by atoms with van der Waals surface area (Å²) in [6.07, 6.45) is -4.94. The Morgan fingerprint density at radius 2 is 2.00 bits per heavy atom. The van der Waals surface area contributed by atoms with Gasteiger partial charge in [-0.2, -0.15) is 13.2 Å². The molecule has 18 heavy (non-hydrogen) atoms. The average molecular weight is 264 g/mol. The Labute approximate surface area is 102 Å². The molecular weight excluding hydrogens is 249 g/mol. The van der Waals surface area contributed by atoms with Crippen molar-refractivity contribution in [1.82, 2.24) is 4.98 Å². The smallest absolute Gasteiger partial charge is 0.423 e. The highest BCUT2D eigenvalue weighted by Gasteiger charge is 2.61. The number of esters is 1. The number of alkyl halides is 3. The van der Waals surface area contributed by atoms with Gasteiger partial charge in [-0.15, -0.1) is 0 Å². The van der Waals surface area contributed by atoms with Crippen LogP contribution in [0, 0.1) is 13.8 Å². The highest BCUT2D eigenvalue weighted by Crippen LogP contribution is 2.38. The van der Waals surface area contributed by atoms with Gasteiger partial charge in [0, 0.05) is 5.69 Å². The van der Waals surface area contributed by atoms with E-state index in [1.165, 1.54) is 19.9 Å². The van der Waals surface area contributed by atoms with Crippen molar-refractivity contribution in [2.24, 2.45) is 5.73 Å². The second-order valence-electron chi connectivity index (χ2n) is 4.04. The van der Waals surface area contributed by atoms with Gasteiger partial charge in [-0.05, 0) is 32.4 Å². The van der Waals surface area contributed by atoms with Crippen molar-refractivity contribution < 1.29 is 22.7 Å². The van der Waals surface area contributed by atoms with E-state index in [0.29, 0.717) is 5.69 Å². The molecule has 0 saturated carbocycles. The number of aromatic nitrogens is 1. The van der Waals surface area contributed by atoms with Gasteiger partial charge in [0.25, 0.3) is 5.54 Å². The van der Waals surface area contributed by atoms with Crippen LogP contribution in [0.4, 0.5) is 13.2 Å². The molecule has 1 rings (SSSR count). The number of hydrogen-bond acceptors (Lipinski definition) is 3. The van der Waals surface area contributed by atoms with Crippen LogP contribution in [0.1, 0.15) is 23.9 Å². The van der Waals surface area contributed by atoms with Gasteiger partial charge >= 0.3 is 12.1 Å². The van der Waals surface area contributed by atoms with Crippen LogP contribution in [0.3, 0.4) is 0 Å². The number of ether oxygens (including phenoxy) is 1. The van der Waals surface area contributed by atoms with Gasteiger partial charge in [-0.1, -0.05) is 0 Å². The summed E-state index contributed by atoms with van der Waals surface area (Å²) in [7, 11) is 0. The van der Waals surface area contributed by atoms with E-state index in [9.17, 15) is 18.0 Å². The maximum Gasteiger partial charge on any atom is 0.423 e. The number of aryl methyl sites for hydroxylation is 2. The summed E-state index contributed by atoms with van der Waals surface area (Å²) in [5, 5.41) is 0. The molecule has 0 aliphatic rings. The summed E-state index contributed by atoms with van der Waals surface area (Å²) >= 11 is 0. The molecule has 1 aromatic rings. The Morgan fingerprint density at radius 1 is 1.44 bits per heavy atom. The molecule has 102 valence electrons. The second-order valence-corrected chi connectivity index (χ2v) is 4.04. The van der Waals surface area contributed by atoms with E-state index in [0.717, 1.165) is 0 Å². The lowest BCUT2D eigenvalue weighted by Crippen LogP contribution is -2.58. The van der Waals surface area contributed by atoms with E-state index in [-0.39, 0.29) is 17.9 Å². The molecule has 0 aromatic carbocycles. The second kappa shape index (κ2) is 4.64. The van der Waals surface area contributed by atoms with E-state index in [1.54, 1.807) is 6.92 Å². The minimum atomic E-state index is -4.94. The van der Waals surface area contributed by atoms with Gasteiger partial charge < -0.3 is 15.5 Å². The lowest BCUT2D eigenvalue weighted by atomic mass is 9.93. The topological polar surface area (TPSA) is 68.1 Å². The quantitative estimate of drug-likeness (QED) is 0.819. The number of halogens is 3. The molecule has 0 amide bonds. The molecule has 1 aromatic heterocycles. The predicted octanol–water partition coefficient (Wildman–Crippen LogP) is 1.91. The van der Waals surface area contributed by atoms with Gasteiger partial charge in [0.05, 0.1) is 12.3 Å². The third kappa shape index (κ3) is 2.22. The molecule has 0 radical (unpaired) electrons. The van der Waals surface area contributed by atoms with E-state index < -0.39 is 17.7 Å².